The molecule has 162 valence electrons. The molecule has 0 aliphatic heterocycles. The van der Waals surface area contributed by atoms with Crippen LogP contribution in [0.15, 0.2) is 48.5 Å². The number of carboxylic acid groups (broad SMARTS) is 1. The van der Waals surface area contributed by atoms with Crippen LogP contribution in [-0.2, 0) is 14.3 Å². The lowest BCUT2D eigenvalue weighted by atomic mass is 9.98. The van der Waals surface area contributed by atoms with Crippen molar-refractivity contribution in [3.05, 3.63) is 59.7 Å². The van der Waals surface area contributed by atoms with Gasteiger partial charge >= 0.3 is 12.1 Å². The molecule has 7 nitrogen and oxygen atoms in total. The van der Waals surface area contributed by atoms with Crippen LogP contribution < -0.4 is 10.6 Å². The predicted molar refractivity (Wildman–Crippen MR) is 115 cm³/mol. The van der Waals surface area contributed by atoms with Crippen molar-refractivity contribution in [2.45, 2.75) is 37.6 Å². The van der Waals surface area contributed by atoms with Gasteiger partial charge in [0, 0.05) is 24.9 Å². The van der Waals surface area contributed by atoms with Crippen molar-refractivity contribution < 1.29 is 24.2 Å². The molecule has 1 fully saturated rings. The summed E-state index contributed by atoms with van der Waals surface area (Å²) in [7, 11) is 0. The number of nitrogens with one attached hydrogen (secondary N) is 2. The monoisotopic (exact) mass is 422 g/mol. The molecule has 4 rings (SSSR count). The molecule has 1 unspecified atom stereocenters. The first-order valence-electron chi connectivity index (χ1n) is 10.6. The van der Waals surface area contributed by atoms with Crippen LogP contribution in [0, 0.1) is 5.92 Å². The number of carbonyl (C=O) groups is 3. The number of carbonyl (C=O) groups excluding carboxylic acids is 2. The molecule has 0 saturated heterocycles. The molecule has 2 amide bonds. The first kappa shape index (κ1) is 20.9. The molecule has 0 spiro atoms. The Kier molecular flexibility index (Phi) is 6.21. The lowest BCUT2D eigenvalue weighted by Gasteiger charge is -2.16. The van der Waals surface area contributed by atoms with Crippen molar-refractivity contribution in [3.63, 3.8) is 0 Å². The van der Waals surface area contributed by atoms with E-state index in [4.69, 9.17) is 9.84 Å². The molecule has 3 N–H and O–H groups in total. The quantitative estimate of drug-likeness (QED) is 0.575. The van der Waals surface area contributed by atoms with Gasteiger partial charge in [0.05, 0.1) is 6.42 Å². The predicted octanol–water partition coefficient (Wildman–Crippen LogP) is 3.28. The highest BCUT2D eigenvalue weighted by molar-refractivity contribution is 5.80. The van der Waals surface area contributed by atoms with Crippen LogP contribution >= 0.6 is 0 Å². The maximum atomic E-state index is 12.1. The zero-order valence-corrected chi connectivity index (χ0v) is 17.2. The Bertz CT molecular complexity index is 940. The Labute approximate surface area is 180 Å². The van der Waals surface area contributed by atoms with E-state index in [0.717, 1.165) is 35.1 Å². The topological polar surface area (TPSA) is 105 Å². The molecule has 0 aromatic heterocycles. The van der Waals surface area contributed by atoms with E-state index in [1.165, 1.54) is 0 Å². The van der Waals surface area contributed by atoms with Crippen LogP contribution in [0.2, 0.25) is 0 Å². The van der Waals surface area contributed by atoms with Gasteiger partial charge < -0.3 is 20.5 Å². The maximum absolute atomic E-state index is 12.1. The molecule has 1 saturated carbocycles. The van der Waals surface area contributed by atoms with E-state index in [0.29, 0.717) is 0 Å². The van der Waals surface area contributed by atoms with E-state index in [-0.39, 0.29) is 49.8 Å². The van der Waals surface area contributed by atoms with Crippen molar-refractivity contribution in [1.82, 2.24) is 10.6 Å². The number of amides is 2. The number of rotatable bonds is 9. The molecular weight excluding hydrogens is 396 g/mol. The minimum atomic E-state index is -0.922. The third-order valence-electron chi connectivity index (χ3n) is 5.90. The minimum absolute atomic E-state index is 0.0169. The number of fused-ring (bicyclic) bond motifs is 3. The average Bonchev–Trinajstić information content (AvgIpc) is 3.55. The summed E-state index contributed by atoms with van der Waals surface area (Å²) in [5, 5.41) is 14.3. The van der Waals surface area contributed by atoms with Crippen LogP contribution in [-0.4, -0.2) is 42.3 Å². The fourth-order valence-electron chi connectivity index (χ4n) is 4.23. The van der Waals surface area contributed by atoms with Crippen molar-refractivity contribution in [2.75, 3.05) is 13.2 Å². The first-order valence-corrected chi connectivity index (χ1v) is 10.6. The van der Waals surface area contributed by atoms with Gasteiger partial charge in [0.25, 0.3) is 0 Å². The van der Waals surface area contributed by atoms with Gasteiger partial charge in [0.1, 0.15) is 6.61 Å². The van der Waals surface area contributed by atoms with E-state index in [9.17, 15) is 14.4 Å². The highest BCUT2D eigenvalue weighted by atomic mass is 16.5. The van der Waals surface area contributed by atoms with E-state index >= 15 is 0 Å². The first-order chi connectivity index (χ1) is 15.0. The molecule has 31 heavy (non-hydrogen) atoms. The molecule has 2 aromatic carbocycles. The summed E-state index contributed by atoms with van der Waals surface area (Å²) in [6, 6.07) is 15.9. The smallest absolute Gasteiger partial charge is 0.407 e. The Hall–Kier alpha value is -3.35. The number of aliphatic carboxylic acids is 1. The van der Waals surface area contributed by atoms with Gasteiger partial charge in [0.2, 0.25) is 5.91 Å². The highest BCUT2D eigenvalue weighted by Crippen LogP contribution is 2.44. The van der Waals surface area contributed by atoms with Gasteiger partial charge in [-0.25, -0.2) is 4.79 Å². The van der Waals surface area contributed by atoms with Gasteiger partial charge in [0.15, 0.2) is 0 Å². The highest BCUT2D eigenvalue weighted by Gasteiger charge is 2.33. The normalized spacial score (nSPS) is 15.5. The standard InChI is InChI=1S/C24H26N2O5/c27-22(26-21(13-23(28)29)15-9-10-15)11-12-25-24(30)31-14-20-18-7-3-1-5-16(18)17-6-2-4-8-19(17)20/h1-8,15,20-21H,9-14H2,(H,25,30)(H,26,27)(H,28,29). The van der Waals surface area contributed by atoms with Crippen molar-refractivity contribution >= 4 is 18.0 Å². The van der Waals surface area contributed by atoms with Crippen LogP contribution in [0.1, 0.15) is 42.7 Å². The Morgan fingerprint density at radius 2 is 1.61 bits per heavy atom. The molecule has 0 heterocycles. The third kappa shape index (κ3) is 5.05. The Balaban J connectivity index is 1.24. The van der Waals surface area contributed by atoms with E-state index in [1.807, 2.05) is 24.3 Å². The summed E-state index contributed by atoms with van der Waals surface area (Å²) in [4.78, 5) is 35.2. The minimum Gasteiger partial charge on any atom is -0.481 e. The second-order valence-electron chi connectivity index (χ2n) is 8.11. The van der Waals surface area contributed by atoms with Crippen LogP contribution in [0.3, 0.4) is 0 Å². The SMILES string of the molecule is O=C(O)CC(NC(=O)CCNC(=O)OCC1c2ccccc2-c2ccccc21)C1CC1. The maximum Gasteiger partial charge on any atom is 0.407 e. The summed E-state index contributed by atoms with van der Waals surface area (Å²) in [5.74, 6) is -0.960. The van der Waals surface area contributed by atoms with Gasteiger partial charge in [-0.2, -0.15) is 0 Å². The van der Waals surface area contributed by atoms with Crippen LogP contribution in [0.25, 0.3) is 11.1 Å². The Morgan fingerprint density at radius 1 is 1.00 bits per heavy atom. The summed E-state index contributed by atoms with van der Waals surface area (Å²) >= 11 is 0. The summed E-state index contributed by atoms with van der Waals surface area (Å²) in [5.41, 5.74) is 4.60. The van der Waals surface area contributed by atoms with Crippen molar-refractivity contribution in [2.24, 2.45) is 5.92 Å². The average molecular weight is 422 g/mol. The molecule has 2 aromatic rings. The summed E-state index contributed by atoms with van der Waals surface area (Å²) < 4.78 is 5.44. The van der Waals surface area contributed by atoms with Crippen LogP contribution in [0.4, 0.5) is 4.79 Å². The van der Waals surface area contributed by atoms with Crippen molar-refractivity contribution in [3.8, 4) is 11.1 Å². The molecule has 0 bridgehead atoms. The van der Waals surface area contributed by atoms with Crippen molar-refractivity contribution in [1.29, 1.82) is 0 Å². The lowest BCUT2D eigenvalue weighted by Crippen LogP contribution is -2.39. The van der Waals surface area contributed by atoms with E-state index in [1.54, 1.807) is 0 Å². The molecule has 7 heteroatoms. The van der Waals surface area contributed by atoms with Crippen LogP contribution in [0.5, 0.6) is 0 Å². The summed E-state index contributed by atoms with van der Waals surface area (Å²) in [6.07, 6.45) is 1.31. The number of hydrogen-bond acceptors (Lipinski definition) is 4. The largest absolute Gasteiger partial charge is 0.481 e. The fourth-order valence-corrected chi connectivity index (χ4v) is 4.23. The molecule has 1 atom stereocenters. The van der Waals surface area contributed by atoms with E-state index in [2.05, 4.69) is 34.9 Å². The fraction of sp³-hybridized carbons (Fsp3) is 0.375. The van der Waals surface area contributed by atoms with Gasteiger partial charge in [-0.1, -0.05) is 48.5 Å². The molecular formula is C24H26N2O5. The third-order valence-corrected chi connectivity index (χ3v) is 5.90. The lowest BCUT2D eigenvalue weighted by molar-refractivity contribution is -0.137. The molecule has 2 aliphatic carbocycles. The molecule has 2 aliphatic rings. The van der Waals surface area contributed by atoms with Gasteiger partial charge in [-0.15, -0.1) is 0 Å². The molecule has 0 radical (unpaired) electrons. The second kappa shape index (κ2) is 9.20. The van der Waals surface area contributed by atoms with E-state index < -0.39 is 12.1 Å². The van der Waals surface area contributed by atoms with Gasteiger partial charge in [-0.3, -0.25) is 9.59 Å². The number of hydrogen-bond donors (Lipinski definition) is 3. The number of benzene rings is 2. The zero-order chi connectivity index (χ0) is 21.8. The Morgan fingerprint density at radius 3 is 2.19 bits per heavy atom. The zero-order valence-electron chi connectivity index (χ0n) is 17.2. The summed E-state index contributed by atoms with van der Waals surface area (Å²) in [6.45, 7) is 0.349. The van der Waals surface area contributed by atoms with Gasteiger partial charge in [-0.05, 0) is 41.0 Å². The second-order valence-corrected chi connectivity index (χ2v) is 8.11. The number of carboxylic acids is 1. The number of alkyl carbamates (subject to hydrolysis) is 1. The number of ether oxygens (including phenoxy) is 1.